The predicted octanol–water partition coefficient (Wildman–Crippen LogP) is 1.62. The summed E-state index contributed by atoms with van der Waals surface area (Å²) in [5, 5.41) is 0. The standard InChI is InChI=1S/C10H22N2O2/c1-7(2)8(11)5-6-10(3,4)14-9(12)13/h7-8H,5-6,11H2,1-4H3,(H2,12,13). The van der Waals surface area contributed by atoms with Crippen molar-refractivity contribution >= 4 is 6.09 Å². The number of rotatable bonds is 5. The molecular weight excluding hydrogens is 180 g/mol. The van der Waals surface area contributed by atoms with Crippen molar-refractivity contribution < 1.29 is 9.53 Å². The Balaban J connectivity index is 3.92. The topological polar surface area (TPSA) is 78.3 Å². The van der Waals surface area contributed by atoms with Crippen molar-refractivity contribution in [2.24, 2.45) is 17.4 Å². The van der Waals surface area contributed by atoms with Crippen LogP contribution in [-0.4, -0.2) is 17.7 Å². The summed E-state index contributed by atoms with van der Waals surface area (Å²) in [5.41, 5.74) is 10.3. The first kappa shape index (κ1) is 13.2. The van der Waals surface area contributed by atoms with Gasteiger partial charge in [-0.2, -0.15) is 0 Å². The first-order valence-electron chi connectivity index (χ1n) is 4.98. The molecule has 14 heavy (non-hydrogen) atoms. The molecule has 0 aromatic heterocycles. The highest BCUT2D eigenvalue weighted by atomic mass is 16.6. The minimum atomic E-state index is -0.729. The van der Waals surface area contributed by atoms with Crippen molar-refractivity contribution in [3.8, 4) is 0 Å². The van der Waals surface area contributed by atoms with E-state index in [1.165, 1.54) is 0 Å². The van der Waals surface area contributed by atoms with Gasteiger partial charge in [-0.1, -0.05) is 13.8 Å². The van der Waals surface area contributed by atoms with E-state index in [2.05, 4.69) is 13.8 Å². The summed E-state index contributed by atoms with van der Waals surface area (Å²) in [5.74, 6) is 0.444. The molecule has 0 aliphatic carbocycles. The van der Waals surface area contributed by atoms with Crippen LogP contribution in [-0.2, 0) is 4.74 Å². The molecule has 0 aliphatic rings. The molecule has 0 saturated carbocycles. The fraction of sp³-hybridized carbons (Fsp3) is 0.900. The second-order valence-electron chi connectivity index (χ2n) is 4.63. The Hall–Kier alpha value is -0.770. The SMILES string of the molecule is CC(C)C(N)CCC(C)(C)OC(N)=O. The van der Waals surface area contributed by atoms with Crippen molar-refractivity contribution in [2.45, 2.75) is 52.2 Å². The number of hydrogen-bond acceptors (Lipinski definition) is 3. The Labute approximate surface area is 86.0 Å². The van der Waals surface area contributed by atoms with Crippen molar-refractivity contribution in [3.63, 3.8) is 0 Å². The third kappa shape index (κ3) is 5.80. The number of carbonyl (C=O) groups excluding carboxylic acids is 1. The quantitative estimate of drug-likeness (QED) is 0.711. The fourth-order valence-corrected chi connectivity index (χ4v) is 1.17. The molecule has 4 heteroatoms. The van der Waals surface area contributed by atoms with Crippen LogP contribution in [0.1, 0.15) is 40.5 Å². The number of primary amides is 1. The molecule has 1 amide bonds. The first-order chi connectivity index (χ1) is 6.24. The van der Waals surface area contributed by atoms with Gasteiger partial charge in [0.1, 0.15) is 5.60 Å². The van der Waals surface area contributed by atoms with Crippen molar-refractivity contribution in [1.29, 1.82) is 0 Å². The van der Waals surface area contributed by atoms with Gasteiger partial charge in [0.05, 0.1) is 0 Å². The van der Waals surface area contributed by atoms with Crippen LogP contribution in [0.4, 0.5) is 4.79 Å². The number of carbonyl (C=O) groups is 1. The van der Waals surface area contributed by atoms with E-state index in [-0.39, 0.29) is 6.04 Å². The van der Waals surface area contributed by atoms with E-state index in [1.54, 1.807) is 0 Å². The zero-order valence-corrected chi connectivity index (χ0v) is 9.54. The van der Waals surface area contributed by atoms with E-state index >= 15 is 0 Å². The molecule has 0 bridgehead atoms. The van der Waals surface area contributed by atoms with Crippen molar-refractivity contribution in [1.82, 2.24) is 0 Å². The largest absolute Gasteiger partial charge is 0.444 e. The number of hydrogen-bond donors (Lipinski definition) is 2. The summed E-state index contributed by atoms with van der Waals surface area (Å²) in [6, 6.07) is 0.144. The fourth-order valence-electron chi connectivity index (χ4n) is 1.17. The third-order valence-electron chi connectivity index (χ3n) is 2.31. The zero-order valence-electron chi connectivity index (χ0n) is 9.54. The summed E-state index contributed by atoms with van der Waals surface area (Å²) in [6.45, 7) is 7.83. The van der Waals surface area contributed by atoms with Gasteiger partial charge >= 0.3 is 6.09 Å². The summed E-state index contributed by atoms with van der Waals surface area (Å²) >= 11 is 0. The van der Waals surface area contributed by atoms with E-state index < -0.39 is 11.7 Å². The van der Waals surface area contributed by atoms with Crippen LogP contribution < -0.4 is 11.5 Å². The Morgan fingerprint density at radius 1 is 1.43 bits per heavy atom. The summed E-state index contributed by atoms with van der Waals surface area (Å²) in [6.07, 6.45) is 0.834. The van der Waals surface area contributed by atoms with Crippen LogP contribution in [0.5, 0.6) is 0 Å². The smallest absolute Gasteiger partial charge is 0.405 e. The minimum absolute atomic E-state index is 0.144. The van der Waals surface area contributed by atoms with Gasteiger partial charge in [0.2, 0.25) is 0 Å². The molecule has 1 atom stereocenters. The molecule has 0 fully saturated rings. The summed E-state index contributed by atoms with van der Waals surface area (Å²) in [4.78, 5) is 10.6. The molecule has 0 spiro atoms. The van der Waals surface area contributed by atoms with Crippen LogP contribution in [0.15, 0.2) is 0 Å². The molecule has 4 nitrogen and oxygen atoms in total. The summed E-state index contributed by atoms with van der Waals surface area (Å²) < 4.78 is 4.95. The lowest BCUT2D eigenvalue weighted by Gasteiger charge is -2.26. The molecule has 4 N–H and O–H groups in total. The van der Waals surface area contributed by atoms with Gasteiger partial charge in [0.15, 0.2) is 0 Å². The average Bonchev–Trinajstić information content (AvgIpc) is 1.97. The molecule has 0 aromatic rings. The molecule has 0 aliphatic heterocycles. The predicted molar refractivity (Wildman–Crippen MR) is 56.8 cm³/mol. The maximum absolute atomic E-state index is 10.6. The van der Waals surface area contributed by atoms with Gasteiger partial charge in [-0.25, -0.2) is 4.79 Å². The van der Waals surface area contributed by atoms with Gasteiger partial charge in [0, 0.05) is 6.04 Å². The Morgan fingerprint density at radius 3 is 2.29 bits per heavy atom. The summed E-state index contributed by atoms with van der Waals surface area (Å²) in [7, 11) is 0. The van der Waals surface area contributed by atoms with E-state index in [1.807, 2.05) is 13.8 Å². The molecule has 0 heterocycles. The lowest BCUT2D eigenvalue weighted by molar-refractivity contribution is 0.0354. The molecule has 0 aromatic carbocycles. The van der Waals surface area contributed by atoms with E-state index in [9.17, 15) is 4.79 Å². The molecule has 0 radical (unpaired) electrons. The lowest BCUT2D eigenvalue weighted by Crippen LogP contribution is -2.34. The normalized spacial score (nSPS) is 14.1. The maximum Gasteiger partial charge on any atom is 0.405 e. The van der Waals surface area contributed by atoms with E-state index in [4.69, 9.17) is 16.2 Å². The highest BCUT2D eigenvalue weighted by Gasteiger charge is 2.23. The number of amides is 1. The number of ether oxygens (including phenoxy) is 1. The molecule has 84 valence electrons. The number of nitrogens with two attached hydrogens (primary N) is 2. The van der Waals surface area contributed by atoms with Gasteiger partial charge in [-0.3, -0.25) is 0 Å². The molecule has 1 unspecified atom stereocenters. The Bertz CT molecular complexity index is 191. The average molecular weight is 202 g/mol. The van der Waals surface area contributed by atoms with Crippen molar-refractivity contribution in [2.75, 3.05) is 0 Å². The van der Waals surface area contributed by atoms with Crippen LogP contribution in [0.25, 0.3) is 0 Å². The van der Waals surface area contributed by atoms with Gasteiger partial charge in [-0.05, 0) is 32.6 Å². The van der Waals surface area contributed by atoms with Crippen LogP contribution >= 0.6 is 0 Å². The van der Waals surface area contributed by atoms with E-state index in [0.717, 1.165) is 12.8 Å². The van der Waals surface area contributed by atoms with E-state index in [0.29, 0.717) is 5.92 Å². The molecule has 0 saturated heterocycles. The highest BCUT2D eigenvalue weighted by Crippen LogP contribution is 2.19. The Morgan fingerprint density at radius 2 is 1.93 bits per heavy atom. The van der Waals surface area contributed by atoms with Gasteiger partial charge < -0.3 is 16.2 Å². The molecular formula is C10H22N2O2. The zero-order chi connectivity index (χ0) is 11.4. The first-order valence-corrected chi connectivity index (χ1v) is 4.98. The minimum Gasteiger partial charge on any atom is -0.444 e. The Kier molecular flexibility index (Phi) is 4.91. The third-order valence-corrected chi connectivity index (χ3v) is 2.31. The van der Waals surface area contributed by atoms with Crippen LogP contribution in [0, 0.1) is 5.92 Å². The van der Waals surface area contributed by atoms with Gasteiger partial charge in [0.25, 0.3) is 0 Å². The maximum atomic E-state index is 10.6. The van der Waals surface area contributed by atoms with Crippen molar-refractivity contribution in [3.05, 3.63) is 0 Å². The highest BCUT2D eigenvalue weighted by molar-refractivity contribution is 5.65. The van der Waals surface area contributed by atoms with Gasteiger partial charge in [-0.15, -0.1) is 0 Å². The molecule has 0 rings (SSSR count). The second kappa shape index (κ2) is 5.20. The van der Waals surface area contributed by atoms with Crippen LogP contribution in [0.2, 0.25) is 0 Å². The van der Waals surface area contributed by atoms with Crippen LogP contribution in [0.3, 0.4) is 0 Å². The second-order valence-corrected chi connectivity index (χ2v) is 4.63. The lowest BCUT2D eigenvalue weighted by atomic mass is 9.94. The monoisotopic (exact) mass is 202 g/mol.